The van der Waals surface area contributed by atoms with E-state index in [0.717, 1.165) is 6.42 Å². The van der Waals surface area contributed by atoms with Gasteiger partial charge in [-0.2, -0.15) is 0 Å². The number of ether oxygens (including phenoxy) is 1. The minimum absolute atomic E-state index is 0.0509. The molecule has 1 rings (SSSR count). The Morgan fingerprint density at radius 2 is 2.06 bits per heavy atom. The van der Waals surface area contributed by atoms with Crippen molar-refractivity contribution < 1.29 is 9.53 Å². The van der Waals surface area contributed by atoms with Crippen molar-refractivity contribution in [1.82, 2.24) is 0 Å². The average Bonchev–Trinajstić information content (AvgIpc) is 2.36. The lowest BCUT2D eigenvalue weighted by Crippen LogP contribution is -2.35. The van der Waals surface area contributed by atoms with Gasteiger partial charge in [0.15, 0.2) is 5.78 Å². The molecule has 2 N–H and O–H groups in total. The molecule has 0 heterocycles. The standard InChI is InChI=1S/C13H19NO2/c1-4-13(2,9-14)12(15)10-7-5-6-8-11(10)16-3/h5-8H,4,9,14H2,1-3H3. The summed E-state index contributed by atoms with van der Waals surface area (Å²) in [7, 11) is 1.57. The highest BCUT2D eigenvalue weighted by molar-refractivity contribution is 6.02. The quantitative estimate of drug-likeness (QED) is 0.776. The van der Waals surface area contributed by atoms with Gasteiger partial charge in [-0.05, 0) is 18.6 Å². The van der Waals surface area contributed by atoms with Gasteiger partial charge in [0.2, 0.25) is 0 Å². The fourth-order valence-corrected chi connectivity index (χ4v) is 1.55. The minimum Gasteiger partial charge on any atom is -0.496 e. The highest BCUT2D eigenvalue weighted by Crippen LogP contribution is 2.29. The molecule has 3 nitrogen and oxygen atoms in total. The molecule has 3 heteroatoms. The van der Waals surface area contributed by atoms with Gasteiger partial charge < -0.3 is 10.5 Å². The van der Waals surface area contributed by atoms with E-state index in [0.29, 0.717) is 17.9 Å². The van der Waals surface area contributed by atoms with Crippen LogP contribution in [0.2, 0.25) is 0 Å². The van der Waals surface area contributed by atoms with Crippen molar-refractivity contribution in [2.45, 2.75) is 20.3 Å². The van der Waals surface area contributed by atoms with Crippen LogP contribution in [-0.4, -0.2) is 19.4 Å². The van der Waals surface area contributed by atoms with Crippen LogP contribution in [0.5, 0.6) is 5.75 Å². The Kier molecular flexibility index (Phi) is 4.07. The Morgan fingerprint density at radius 3 is 2.56 bits per heavy atom. The van der Waals surface area contributed by atoms with Gasteiger partial charge in [0.25, 0.3) is 0 Å². The van der Waals surface area contributed by atoms with Crippen molar-refractivity contribution in [1.29, 1.82) is 0 Å². The third kappa shape index (κ3) is 2.25. The highest BCUT2D eigenvalue weighted by Gasteiger charge is 2.32. The number of benzene rings is 1. The molecule has 0 bridgehead atoms. The molecular weight excluding hydrogens is 202 g/mol. The molecule has 88 valence electrons. The third-order valence-corrected chi connectivity index (χ3v) is 3.13. The summed E-state index contributed by atoms with van der Waals surface area (Å²) in [5, 5.41) is 0. The number of hydrogen-bond donors (Lipinski definition) is 1. The largest absolute Gasteiger partial charge is 0.496 e. The van der Waals surface area contributed by atoms with E-state index in [4.69, 9.17) is 10.5 Å². The molecule has 0 aliphatic carbocycles. The number of ketones is 1. The Bertz CT molecular complexity index is 370. The predicted molar refractivity (Wildman–Crippen MR) is 64.8 cm³/mol. The summed E-state index contributed by atoms with van der Waals surface area (Å²) in [6.07, 6.45) is 0.723. The van der Waals surface area contributed by atoms with Crippen LogP contribution in [0, 0.1) is 5.41 Å². The zero-order valence-electron chi connectivity index (χ0n) is 10.1. The van der Waals surface area contributed by atoms with Crippen molar-refractivity contribution in [3.8, 4) is 5.75 Å². The van der Waals surface area contributed by atoms with Crippen LogP contribution in [0.3, 0.4) is 0 Å². The molecule has 16 heavy (non-hydrogen) atoms. The first-order valence-corrected chi connectivity index (χ1v) is 5.47. The molecule has 0 saturated carbocycles. The van der Waals surface area contributed by atoms with E-state index < -0.39 is 5.41 Å². The van der Waals surface area contributed by atoms with E-state index in [2.05, 4.69) is 0 Å². The van der Waals surface area contributed by atoms with Crippen LogP contribution in [0.15, 0.2) is 24.3 Å². The lowest BCUT2D eigenvalue weighted by Gasteiger charge is -2.25. The average molecular weight is 221 g/mol. The molecule has 0 radical (unpaired) electrons. The lowest BCUT2D eigenvalue weighted by atomic mass is 9.80. The number of hydrogen-bond acceptors (Lipinski definition) is 3. The number of methoxy groups -OCH3 is 1. The lowest BCUT2D eigenvalue weighted by molar-refractivity contribution is 0.0817. The first-order chi connectivity index (χ1) is 7.59. The highest BCUT2D eigenvalue weighted by atomic mass is 16.5. The van der Waals surface area contributed by atoms with Gasteiger partial charge in [0.1, 0.15) is 5.75 Å². The Balaban J connectivity index is 3.13. The summed E-state index contributed by atoms with van der Waals surface area (Å²) < 4.78 is 5.19. The first kappa shape index (κ1) is 12.7. The van der Waals surface area contributed by atoms with Crippen LogP contribution >= 0.6 is 0 Å². The van der Waals surface area contributed by atoms with E-state index in [1.807, 2.05) is 26.0 Å². The molecule has 1 aromatic rings. The van der Waals surface area contributed by atoms with E-state index >= 15 is 0 Å². The number of carbonyl (C=O) groups excluding carboxylic acids is 1. The molecule has 0 aromatic heterocycles. The maximum atomic E-state index is 12.3. The van der Waals surface area contributed by atoms with Gasteiger partial charge >= 0.3 is 0 Å². The summed E-state index contributed by atoms with van der Waals surface area (Å²) in [4.78, 5) is 12.3. The second-order valence-electron chi connectivity index (χ2n) is 4.15. The first-order valence-electron chi connectivity index (χ1n) is 5.47. The molecular formula is C13H19NO2. The molecule has 0 aliphatic heterocycles. The predicted octanol–water partition coefficient (Wildman–Crippen LogP) is 2.25. The van der Waals surface area contributed by atoms with Crippen LogP contribution in [0.25, 0.3) is 0 Å². The van der Waals surface area contributed by atoms with Crippen molar-refractivity contribution in [3.63, 3.8) is 0 Å². The summed E-state index contributed by atoms with van der Waals surface area (Å²) in [5.41, 5.74) is 5.79. The molecule has 1 atom stereocenters. The summed E-state index contributed by atoms with van der Waals surface area (Å²) in [6, 6.07) is 7.26. The molecule has 0 fully saturated rings. The number of nitrogens with two attached hydrogens (primary N) is 1. The Labute approximate surface area is 96.6 Å². The SMILES string of the molecule is CCC(C)(CN)C(=O)c1ccccc1OC. The molecule has 0 spiro atoms. The fourth-order valence-electron chi connectivity index (χ4n) is 1.55. The summed E-state index contributed by atoms with van der Waals surface area (Å²) in [6.45, 7) is 4.21. The van der Waals surface area contributed by atoms with Gasteiger partial charge in [0.05, 0.1) is 12.7 Å². The second-order valence-corrected chi connectivity index (χ2v) is 4.15. The maximum Gasteiger partial charge on any atom is 0.173 e. The van der Waals surface area contributed by atoms with Crippen LogP contribution < -0.4 is 10.5 Å². The van der Waals surface area contributed by atoms with E-state index in [-0.39, 0.29) is 5.78 Å². The smallest absolute Gasteiger partial charge is 0.173 e. The Hall–Kier alpha value is -1.35. The van der Waals surface area contributed by atoms with Gasteiger partial charge in [-0.3, -0.25) is 4.79 Å². The zero-order chi connectivity index (χ0) is 12.2. The van der Waals surface area contributed by atoms with Crippen molar-refractivity contribution >= 4 is 5.78 Å². The molecule has 0 amide bonds. The topological polar surface area (TPSA) is 52.3 Å². The summed E-state index contributed by atoms with van der Waals surface area (Å²) in [5.74, 6) is 0.663. The van der Waals surface area contributed by atoms with E-state index in [9.17, 15) is 4.79 Å². The number of para-hydroxylation sites is 1. The van der Waals surface area contributed by atoms with Gasteiger partial charge in [-0.15, -0.1) is 0 Å². The second kappa shape index (κ2) is 5.12. The molecule has 0 saturated heterocycles. The van der Waals surface area contributed by atoms with Crippen molar-refractivity contribution in [3.05, 3.63) is 29.8 Å². The van der Waals surface area contributed by atoms with E-state index in [1.54, 1.807) is 19.2 Å². The third-order valence-electron chi connectivity index (χ3n) is 3.13. The van der Waals surface area contributed by atoms with Crippen LogP contribution in [0.4, 0.5) is 0 Å². The van der Waals surface area contributed by atoms with Crippen molar-refractivity contribution in [2.75, 3.05) is 13.7 Å². The van der Waals surface area contributed by atoms with Gasteiger partial charge in [-0.25, -0.2) is 0 Å². The van der Waals surface area contributed by atoms with Gasteiger partial charge in [-0.1, -0.05) is 26.0 Å². The van der Waals surface area contributed by atoms with Gasteiger partial charge in [0, 0.05) is 12.0 Å². The van der Waals surface area contributed by atoms with Crippen LogP contribution in [0.1, 0.15) is 30.6 Å². The van der Waals surface area contributed by atoms with Crippen molar-refractivity contribution in [2.24, 2.45) is 11.1 Å². The number of carbonyl (C=O) groups is 1. The molecule has 1 aromatic carbocycles. The normalized spacial score (nSPS) is 14.2. The minimum atomic E-state index is -0.505. The number of Topliss-reactive ketones (excluding diaryl/α,β-unsaturated/α-hetero) is 1. The van der Waals surface area contributed by atoms with E-state index in [1.165, 1.54) is 0 Å². The monoisotopic (exact) mass is 221 g/mol. The zero-order valence-corrected chi connectivity index (χ0v) is 10.1. The maximum absolute atomic E-state index is 12.3. The number of rotatable bonds is 5. The summed E-state index contributed by atoms with van der Waals surface area (Å²) >= 11 is 0. The molecule has 0 aliphatic rings. The Morgan fingerprint density at radius 1 is 1.44 bits per heavy atom. The fraction of sp³-hybridized carbons (Fsp3) is 0.462. The molecule has 1 unspecified atom stereocenters. The van der Waals surface area contributed by atoms with Crippen LogP contribution in [-0.2, 0) is 0 Å².